The van der Waals surface area contributed by atoms with Gasteiger partial charge in [-0.3, -0.25) is 18.9 Å². The molecule has 3 aromatic carbocycles. The molecular weight excluding hydrogens is 658 g/mol. The first kappa shape index (κ1) is 35.0. The Morgan fingerprint density at radius 1 is 1.10 bits per heavy atom. The van der Waals surface area contributed by atoms with Gasteiger partial charge in [-0.1, -0.05) is 48.0 Å². The lowest BCUT2D eigenvalue weighted by Gasteiger charge is -2.28. The number of rotatable bonds is 12. The SMILES string of the molecule is Cc1cc(C)c(N(C(CNC(=O)c2cn(CCc3ccccc3)c3c(F)c(CNC4=NCCN4)c(F)cc3c2=O)C(=O)O)[SH](=O)=O)c(C)c1. The van der Waals surface area contributed by atoms with Crippen molar-refractivity contribution in [2.24, 2.45) is 4.99 Å². The van der Waals surface area contributed by atoms with Crippen molar-refractivity contribution in [2.75, 3.05) is 23.9 Å². The number of nitrogens with one attached hydrogen (secondary N) is 3. The van der Waals surface area contributed by atoms with Crippen LogP contribution in [0.4, 0.5) is 14.5 Å². The average Bonchev–Trinajstić information content (AvgIpc) is 3.57. The topological polar surface area (TPSA) is 162 Å². The lowest BCUT2D eigenvalue weighted by molar-refractivity contribution is -0.138. The van der Waals surface area contributed by atoms with E-state index < -0.39 is 58.0 Å². The Bertz CT molecular complexity index is 2070. The molecule has 1 unspecified atom stereocenters. The number of halogens is 2. The zero-order valence-corrected chi connectivity index (χ0v) is 27.9. The van der Waals surface area contributed by atoms with E-state index in [0.717, 1.165) is 23.4 Å². The number of aromatic nitrogens is 1. The number of pyridine rings is 1. The molecule has 0 saturated heterocycles. The number of carbonyl (C=O) groups is 2. The quantitative estimate of drug-likeness (QED) is 0.142. The van der Waals surface area contributed by atoms with Gasteiger partial charge in [0.1, 0.15) is 11.4 Å². The van der Waals surface area contributed by atoms with Gasteiger partial charge in [-0.25, -0.2) is 22.0 Å². The van der Waals surface area contributed by atoms with Crippen LogP contribution in [0.2, 0.25) is 0 Å². The van der Waals surface area contributed by atoms with E-state index >= 15 is 8.78 Å². The Hall–Kier alpha value is -5.31. The number of carbonyl (C=O) groups excluding carboxylic acids is 1. The number of aliphatic carboxylic acids is 1. The second-order valence-corrected chi connectivity index (χ2v) is 12.7. The molecule has 0 saturated carbocycles. The van der Waals surface area contributed by atoms with Crippen molar-refractivity contribution >= 4 is 45.3 Å². The van der Waals surface area contributed by atoms with Crippen molar-refractivity contribution in [3.8, 4) is 0 Å². The molecule has 4 N–H and O–H groups in total. The molecule has 12 nitrogen and oxygen atoms in total. The summed E-state index contributed by atoms with van der Waals surface area (Å²) < 4.78 is 58.5. The molecule has 0 radical (unpaired) electrons. The number of thiol groups is 1. The van der Waals surface area contributed by atoms with Gasteiger partial charge in [0, 0.05) is 31.4 Å². The molecule has 4 aromatic rings. The van der Waals surface area contributed by atoms with Crippen LogP contribution >= 0.6 is 0 Å². The molecule has 1 aliphatic rings. The van der Waals surface area contributed by atoms with Crippen molar-refractivity contribution in [1.82, 2.24) is 20.5 Å². The fourth-order valence-electron chi connectivity index (χ4n) is 6.06. The highest BCUT2D eigenvalue weighted by Crippen LogP contribution is 2.29. The van der Waals surface area contributed by atoms with Crippen LogP contribution < -0.4 is 25.7 Å². The number of guanidine groups is 1. The Kier molecular flexibility index (Phi) is 10.6. The Morgan fingerprint density at radius 3 is 2.41 bits per heavy atom. The average molecular weight is 695 g/mol. The minimum absolute atomic E-state index is 0.0962. The van der Waals surface area contributed by atoms with E-state index in [1.807, 2.05) is 37.3 Å². The zero-order valence-electron chi connectivity index (χ0n) is 27.0. The van der Waals surface area contributed by atoms with E-state index in [9.17, 15) is 27.9 Å². The van der Waals surface area contributed by atoms with E-state index in [1.165, 1.54) is 4.57 Å². The summed E-state index contributed by atoms with van der Waals surface area (Å²) in [5.41, 5.74) is 0.888. The van der Waals surface area contributed by atoms with Gasteiger partial charge < -0.3 is 25.6 Å². The normalized spacial score (nSPS) is 13.2. The van der Waals surface area contributed by atoms with Crippen molar-refractivity contribution in [1.29, 1.82) is 0 Å². The molecule has 1 amide bonds. The van der Waals surface area contributed by atoms with Gasteiger partial charge >= 0.3 is 5.97 Å². The summed E-state index contributed by atoms with van der Waals surface area (Å²) in [6.07, 6.45) is 1.52. The van der Waals surface area contributed by atoms with E-state index in [0.29, 0.717) is 40.9 Å². The number of aliphatic imine (C=N–C) groups is 1. The van der Waals surface area contributed by atoms with E-state index in [2.05, 4.69) is 20.9 Å². The molecule has 0 spiro atoms. The van der Waals surface area contributed by atoms with Gasteiger partial charge in [-0.2, -0.15) is 0 Å². The highest BCUT2D eigenvalue weighted by atomic mass is 32.2. The predicted octanol–water partition coefficient (Wildman–Crippen LogP) is 2.71. The minimum Gasteiger partial charge on any atom is -0.480 e. The van der Waals surface area contributed by atoms with Gasteiger partial charge in [0.2, 0.25) is 16.3 Å². The van der Waals surface area contributed by atoms with Crippen molar-refractivity contribution in [3.63, 3.8) is 0 Å². The molecule has 1 aromatic heterocycles. The summed E-state index contributed by atoms with van der Waals surface area (Å²) in [5, 5.41) is 17.9. The van der Waals surface area contributed by atoms with Gasteiger partial charge in [-0.05, 0) is 49.9 Å². The summed E-state index contributed by atoms with van der Waals surface area (Å²) >= 11 is 0. The summed E-state index contributed by atoms with van der Waals surface area (Å²) in [4.78, 5) is 43.8. The van der Waals surface area contributed by atoms with Crippen LogP contribution in [0.3, 0.4) is 0 Å². The molecule has 49 heavy (non-hydrogen) atoms. The molecule has 1 atom stereocenters. The number of amides is 1. The highest BCUT2D eigenvalue weighted by molar-refractivity contribution is 7.74. The maximum atomic E-state index is 16.1. The lowest BCUT2D eigenvalue weighted by Crippen LogP contribution is -2.49. The second-order valence-electron chi connectivity index (χ2n) is 11.8. The van der Waals surface area contributed by atoms with Crippen LogP contribution in [0.1, 0.15) is 38.2 Å². The third kappa shape index (κ3) is 7.56. The zero-order chi connectivity index (χ0) is 35.4. The highest BCUT2D eigenvalue weighted by Gasteiger charge is 2.32. The van der Waals surface area contributed by atoms with Crippen LogP contribution in [0.25, 0.3) is 10.9 Å². The number of carboxylic acids is 1. The smallest absolute Gasteiger partial charge is 0.329 e. The predicted molar refractivity (Wildman–Crippen MR) is 183 cm³/mol. The first-order valence-electron chi connectivity index (χ1n) is 15.5. The number of carboxylic acid groups (broad SMARTS) is 1. The van der Waals surface area contributed by atoms with Crippen LogP contribution in [-0.2, 0) is 35.2 Å². The number of nitrogens with zero attached hydrogens (tertiary/aromatic N) is 3. The molecule has 0 bridgehead atoms. The van der Waals surface area contributed by atoms with Gasteiger partial charge in [0.15, 0.2) is 17.8 Å². The minimum atomic E-state index is -3.48. The van der Waals surface area contributed by atoms with Gasteiger partial charge in [0.05, 0.1) is 29.7 Å². The second kappa shape index (κ2) is 14.8. The Labute approximate surface area is 282 Å². The number of anilines is 1. The van der Waals surface area contributed by atoms with Crippen LogP contribution in [0.5, 0.6) is 0 Å². The molecule has 258 valence electrons. The van der Waals surface area contributed by atoms with Gasteiger partial charge in [-0.15, -0.1) is 0 Å². The molecule has 0 aliphatic carbocycles. The monoisotopic (exact) mass is 694 g/mol. The van der Waals surface area contributed by atoms with E-state index in [1.54, 1.807) is 26.0 Å². The Morgan fingerprint density at radius 2 is 1.80 bits per heavy atom. The standard InChI is InChI=1S/C34H36F2N6O6S/c1-19-13-20(2)29(21(3)14-19)42(49(47)48)27(33(45)46)17-39-32(44)25-18-41(12-9-22-7-5-4-6-8-22)30-23(31(25)43)15-26(35)24(28(30)36)16-40-34-37-10-11-38-34/h4-8,13-15,18,27,49H,9-12,16-17H2,1-3H3,(H,39,44)(H,45,46)(H2,37,38,40). The largest absolute Gasteiger partial charge is 0.480 e. The summed E-state index contributed by atoms with van der Waals surface area (Å²) in [5.74, 6) is -4.18. The van der Waals surface area contributed by atoms with Crippen LogP contribution in [-0.4, -0.2) is 61.6 Å². The number of aryl methyl sites for hydroxylation is 5. The molecular formula is C34H36F2N6O6S. The molecule has 15 heteroatoms. The number of hydrogen-bond donors (Lipinski definition) is 5. The summed E-state index contributed by atoms with van der Waals surface area (Å²) in [6.45, 7) is 5.33. The van der Waals surface area contributed by atoms with Crippen molar-refractivity contribution in [2.45, 2.75) is 46.3 Å². The van der Waals surface area contributed by atoms with Crippen LogP contribution in [0, 0.1) is 32.4 Å². The third-order valence-electron chi connectivity index (χ3n) is 8.26. The first-order chi connectivity index (χ1) is 23.4. The van der Waals surface area contributed by atoms with E-state index in [4.69, 9.17) is 0 Å². The fourth-order valence-corrected chi connectivity index (χ4v) is 6.94. The molecule has 1 aliphatic heterocycles. The number of hydrogen-bond acceptors (Lipinski definition) is 8. The van der Waals surface area contributed by atoms with E-state index in [-0.39, 0.29) is 35.2 Å². The summed E-state index contributed by atoms with van der Waals surface area (Å²) in [6, 6.07) is 11.7. The molecule has 0 fully saturated rings. The van der Waals surface area contributed by atoms with Crippen molar-refractivity contribution in [3.05, 3.63) is 110 Å². The van der Waals surface area contributed by atoms with Gasteiger partial charge in [0.25, 0.3) is 5.91 Å². The molecule has 2 heterocycles. The lowest BCUT2D eigenvalue weighted by atomic mass is 10.0. The number of benzene rings is 3. The Balaban J connectivity index is 1.52. The third-order valence-corrected chi connectivity index (χ3v) is 9.09. The molecule has 5 rings (SSSR count). The van der Waals surface area contributed by atoms with Crippen LogP contribution in [0.15, 0.2) is 64.5 Å². The maximum Gasteiger partial charge on any atom is 0.329 e. The fraction of sp³-hybridized carbons (Fsp3) is 0.294. The van der Waals surface area contributed by atoms with Crippen molar-refractivity contribution < 1.29 is 31.9 Å². The summed E-state index contributed by atoms with van der Waals surface area (Å²) in [7, 11) is -3.48. The maximum absolute atomic E-state index is 16.1. The number of fused-ring (bicyclic) bond motifs is 1. The first-order valence-corrected chi connectivity index (χ1v) is 16.6.